The Morgan fingerprint density at radius 2 is 1.86 bits per heavy atom. The monoisotopic (exact) mass is 407 g/mol. The molecule has 2 saturated heterocycles. The number of likely N-dealkylation sites (tertiary alicyclic amines) is 1. The van der Waals surface area contributed by atoms with Gasteiger partial charge in [0, 0.05) is 31.1 Å². The second-order valence-corrected chi connectivity index (χ2v) is 9.00. The number of morpholine rings is 1. The molecule has 0 atom stereocenters. The van der Waals surface area contributed by atoms with Crippen LogP contribution in [-0.2, 0) is 27.2 Å². The van der Waals surface area contributed by atoms with Crippen molar-refractivity contribution in [1.82, 2.24) is 14.8 Å². The molecular formula is C19H29N5O3S. The predicted molar refractivity (Wildman–Crippen MR) is 107 cm³/mol. The van der Waals surface area contributed by atoms with E-state index >= 15 is 0 Å². The number of aromatic nitrogens is 1. The maximum atomic E-state index is 12.5. The minimum atomic E-state index is -0.606. The molecule has 0 bridgehead atoms. The fourth-order valence-corrected chi connectivity index (χ4v) is 5.62. The van der Waals surface area contributed by atoms with Crippen molar-refractivity contribution in [2.75, 3.05) is 51.3 Å². The number of rotatable bonds is 5. The molecule has 1 aromatic heterocycles. The molecule has 2 aliphatic heterocycles. The van der Waals surface area contributed by atoms with Gasteiger partial charge in [0.2, 0.25) is 11.8 Å². The van der Waals surface area contributed by atoms with Crippen LogP contribution in [0.15, 0.2) is 0 Å². The Bertz CT molecular complexity index is 700. The van der Waals surface area contributed by atoms with Crippen LogP contribution in [0.2, 0.25) is 0 Å². The van der Waals surface area contributed by atoms with E-state index in [1.165, 1.54) is 17.7 Å². The summed E-state index contributed by atoms with van der Waals surface area (Å²) in [5, 5.41) is 3.68. The van der Waals surface area contributed by atoms with Crippen molar-refractivity contribution in [3.05, 3.63) is 10.6 Å². The Kier molecular flexibility index (Phi) is 5.96. The van der Waals surface area contributed by atoms with Crippen molar-refractivity contribution in [2.24, 2.45) is 5.73 Å². The summed E-state index contributed by atoms with van der Waals surface area (Å²) < 4.78 is 5.41. The summed E-state index contributed by atoms with van der Waals surface area (Å²) >= 11 is 1.61. The number of hydrogen-bond acceptors (Lipinski definition) is 7. The van der Waals surface area contributed by atoms with Gasteiger partial charge in [0.1, 0.15) is 5.54 Å². The topological polar surface area (TPSA) is 101 Å². The number of thiazole rings is 1. The van der Waals surface area contributed by atoms with Gasteiger partial charge in [0.15, 0.2) is 5.13 Å². The van der Waals surface area contributed by atoms with Crippen LogP contribution in [0, 0.1) is 0 Å². The highest BCUT2D eigenvalue weighted by Crippen LogP contribution is 2.31. The molecule has 154 valence electrons. The maximum absolute atomic E-state index is 12.5. The van der Waals surface area contributed by atoms with Crippen LogP contribution in [0.4, 0.5) is 5.13 Å². The zero-order chi connectivity index (χ0) is 19.6. The molecule has 28 heavy (non-hydrogen) atoms. The lowest BCUT2D eigenvalue weighted by molar-refractivity contribution is -0.138. The van der Waals surface area contributed by atoms with E-state index in [1.54, 1.807) is 11.3 Å². The van der Waals surface area contributed by atoms with Crippen molar-refractivity contribution < 1.29 is 14.3 Å². The normalized spacial score (nSPS) is 23.1. The largest absolute Gasteiger partial charge is 0.379 e. The van der Waals surface area contributed by atoms with Gasteiger partial charge in [0.25, 0.3) is 0 Å². The van der Waals surface area contributed by atoms with E-state index in [4.69, 9.17) is 10.5 Å². The highest BCUT2D eigenvalue weighted by Gasteiger charge is 2.45. The van der Waals surface area contributed by atoms with Crippen LogP contribution in [0.5, 0.6) is 0 Å². The first-order valence-corrected chi connectivity index (χ1v) is 11.0. The van der Waals surface area contributed by atoms with Crippen molar-refractivity contribution in [3.8, 4) is 0 Å². The van der Waals surface area contributed by atoms with Crippen molar-refractivity contribution in [3.63, 3.8) is 0 Å². The fourth-order valence-electron chi connectivity index (χ4n) is 4.56. The molecule has 8 nitrogen and oxygen atoms in total. The lowest BCUT2D eigenvalue weighted by Crippen LogP contribution is -2.64. The first-order valence-electron chi connectivity index (χ1n) is 10.2. The molecule has 3 heterocycles. The maximum Gasteiger partial charge on any atom is 0.240 e. The van der Waals surface area contributed by atoms with E-state index in [1.807, 2.05) is 0 Å². The van der Waals surface area contributed by atoms with Crippen LogP contribution in [0.1, 0.15) is 36.3 Å². The minimum Gasteiger partial charge on any atom is -0.379 e. The van der Waals surface area contributed by atoms with Gasteiger partial charge >= 0.3 is 0 Å². The Hall–Kier alpha value is -1.55. The van der Waals surface area contributed by atoms with Gasteiger partial charge in [-0.3, -0.25) is 19.4 Å². The average Bonchev–Trinajstić information content (AvgIpc) is 3.11. The van der Waals surface area contributed by atoms with Gasteiger partial charge < -0.3 is 15.8 Å². The number of nitrogens with two attached hydrogens (primary N) is 1. The summed E-state index contributed by atoms with van der Waals surface area (Å²) in [5.74, 6) is -0.295. The number of anilines is 1. The second kappa shape index (κ2) is 8.44. The summed E-state index contributed by atoms with van der Waals surface area (Å²) in [4.78, 5) is 34.9. The number of hydrogen-bond donors (Lipinski definition) is 2. The second-order valence-electron chi connectivity index (χ2n) is 7.92. The molecule has 0 spiro atoms. The Labute approximate surface area is 169 Å². The highest BCUT2D eigenvalue weighted by molar-refractivity contribution is 7.15. The third kappa shape index (κ3) is 4.07. The number of piperidine rings is 1. The number of nitrogens with one attached hydrogen (secondary N) is 1. The van der Waals surface area contributed by atoms with Crippen LogP contribution in [-0.4, -0.2) is 78.1 Å². The molecule has 9 heteroatoms. The van der Waals surface area contributed by atoms with Gasteiger partial charge in [-0.2, -0.15) is 0 Å². The van der Waals surface area contributed by atoms with Crippen molar-refractivity contribution >= 4 is 28.3 Å². The molecule has 1 aromatic rings. The van der Waals surface area contributed by atoms with Crippen LogP contribution in [0.25, 0.3) is 0 Å². The van der Waals surface area contributed by atoms with E-state index < -0.39 is 5.54 Å². The van der Waals surface area contributed by atoms with E-state index in [0.717, 1.165) is 31.6 Å². The van der Waals surface area contributed by atoms with Gasteiger partial charge in [-0.25, -0.2) is 4.98 Å². The van der Waals surface area contributed by atoms with Gasteiger partial charge in [-0.1, -0.05) is 0 Å². The summed E-state index contributed by atoms with van der Waals surface area (Å²) in [7, 11) is 0. The number of ether oxygens (including phenoxy) is 1. The fraction of sp³-hybridized carbons (Fsp3) is 0.737. The summed E-state index contributed by atoms with van der Waals surface area (Å²) in [6.07, 6.45) is 5.79. The Balaban J connectivity index is 1.31. The number of carbonyl (C=O) groups excluding carboxylic acids is 2. The minimum absolute atomic E-state index is 0.0379. The lowest BCUT2D eigenvalue weighted by Gasteiger charge is -2.47. The number of aryl methyl sites for hydroxylation is 2. The van der Waals surface area contributed by atoms with E-state index in [0.29, 0.717) is 50.8 Å². The highest BCUT2D eigenvalue weighted by atomic mass is 32.1. The molecule has 0 unspecified atom stereocenters. The van der Waals surface area contributed by atoms with E-state index in [9.17, 15) is 9.59 Å². The standard InChI is InChI=1S/C19H29N5O3S/c20-17(26)19(24-9-11-27-12-10-24)5-7-23(8-6-19)13-16(25)22-18-21-14-3-1-2-4-15(14)28-18/h1-13H2,(H2,20,26)(H,21,22,25). The third-order valence-corrected chi connectivity index (χ3v) is 7.29. The van der Waals surface area contributed by atoms with Gasteiger partial charge in [-0.05, 0) is 38.5 Å². The summed E-state index contributed by atoms with van der Waals surface area (Å²) in [6.45, 7) is 4.43. The smallest absolute Gasteiger partial charge is 0.240 e. The molecule has 3 N–H and O–H groups in total. The van der Waals surface area contributed by atoms with Crippen LogP contribution in [0.3, 0.4) is 0 Å². The number of fused-ring (bicyclic) bond motifs is 1. The quantitative estimate of drug-likeness (QED) is 0.742. The third-order valence-electron chi connectivity index (χ3n) is 6.22. The first kappa shape index (κ1) is 19.8. The van der Waals surface area contributed by atoms with Gasteiger partial charge in [0.05, 0.1) is 25.5 Å². The lowest BCUT2D eigenvalue weighted by atomic mass is 9.84. The van der Waals surface area contributed by atoms with Crippen molar-refractivity contribution in [2.45, 2.75) is 44.1 Å². The zero-order valence-corrected chi connectivity index (χ0v) is 17.1. The average molecular weight is 408 g/mol. The van der Waals surface area contributed by atoms with Crippen molar-refractivity contribution in [1.29, 1.82) is 0 Å². The summed E-state index contributed by atoms with van der Waals surface area (Å²) in [6, 6.07) is 0. The van der Waals surface area contributed by atoms with E-state index in [-0.39, 0.29) is 11.8 Å². The number of amides is 2. The molecule has 0 aromatic carbocycles. The molecule has 1 aliphatic carbocycles. The zero-order valence-electron chi connectivity index (χ0n) is 16.2. The molecule has 2 amide bonds. The molecule has 4 rings (SSSR count). The number of nitrogens with zero attached hydrogens (tertiary/aromatic N) is 3. The Morgan fingerprint density at radius 3 is 2.54 bits per heavy atom. The molecule has 3 aliphatic rings. The number of carbonyl (C=O) groups is 2. The summed E-state index contributed by atoms with van der Waals surface area (Å²) in [5.41, 5.74) is 6.35. The molecule has 2 fully saturated rings. The van der Waals surface area contributed by atoms with E-state index in [2.05, 4.69) is 20.1 Å². The van der Waals surface area contributed by atoms with Gasteiger partial charge in [-0.15, -0.1) is 11.3 Å². The predicted octanol–water partition coefficient (Wildman–Crippen LogP) is 0.612. The molecule has 0 radical (unpaired) electrons. The molecule has 0 saturated carbocycles. The first-order chi connectivity index (χ1) is 13.6. The SMILES string of the molecule is NC(=O)C1(N2CCOCC2)CCN(CC(=O)Nc2nc3c(s2)CCCC3)CC1. The van der Waals surface area contributed by atoms with Crippen LogP contribution >= 0.6 is 11.3 Å². The van der Waals surface area contributed by atoms with Crippen LogP contribution < -0.4 is 11.1 Å². The number of primary amides is 1. The Morgan fingerprint density at radius 1 is 1.14 bits per heavy atom. The molecular weight excluding hydrogens is 378 g/mol.